The van der Waals surface area contributed by atoms with Crippen LogP contribution in [-0.2, 0) is 11.3 Å². The van der Waals surface area contributed by atoms with Crippen molar-refractivity contribution in [3.05, 3.63) is 22.4 Å². The fourth-order valence-electron chi connectivity index (χ4n) is 3.78. The third kappa shape index (κ3) is 5.84. The molecule has 3 heterocycles. The minimum atomic E-state index is -0.372. The Labute approximate surface area is 144 Å². The molecule has 2 saturated heterocycles. The zero-order valence-electron chi connectivity index (χ0n) is 14.0. The Morgan fingerprint density at radius 3 is 2.87 bits per heavy atom. The van der Waals surface area contributed by atoms with E-state index in [1.165, 1.54) is 50.2 Å². The average Bonchev–Trinajstić information content (AvgIpc) is 3.21. The molecule has 0 saturated carbocycles. The number of aliphatic hydroxyl groups is 1. The molecule has 2 aliphatic heterocycles. The van der Waals surface area contributed by atoms with Gasteiger partial charge in [-0.05, 0) is 56.3 Å². The van der Waals surface area contributed by atoms with Gasteiger partial charge in [-0.1, -0.05) is 12.5 Å². The summed E-state index contributed by atoms with van der Waals surface area (Å²) < 4.78 is 5.62. The predicted octanol–water partition coefficient (Wildman–Crippen LogP) is 2.43. The fourth-order valence-corrected chi connectivity index (χ4v) is 4.42. The lowest BCUT2D eigenvalue weighted by Gasteiger charge is -2.29. The van der Waals surface area contributed by atoms with Crippen LogP contribution in [0.2, 0.25) is 0 Å². The van der Waals surface area contributed by atoms with Crippen LogP contribution < -0.4 is 0 Å². The Morgan fingerprint density at radius 2 is 2.09 bits per heavy atom. The van der Waals surface area contributed by atoms with Gasteiger partial charge < -0.3 is 19.6 Å². The molecule has 2 aliphatic rings. The molecule has 23 heavy (non-hydrogen) atoms. The van der Waals surface area contributed by atoms with E-state index < -0.39 is 0 Å². The van der Waals surface area contributed by atoms with E-state index in [-0.39, 0.29) is 6.10 Å². The predicted molar refractivity (Wildman–Crippen MR) is 94.8 cm³/mol. The Kier molecular flexibility index (Phi) is 6.90. The summed E-state index contributed by atoms with van der Waals surface area (Å²) in [6, 6.07) is 4.11. The normalized spacial score (nSPS) is 25.0. The van der Waals surface area contributed by atoms with Crippen molar-refractivity contribution in [3.8, 4) is 0 Å². The first-order chi connectivity index (χ1) is 11.3. The highest BCUT2D eigenvalue weighted by Gasteiger charge is 2.26. The summed E-state index contributed by atoms with van der Waals surface area (Å²) in [6.07, 6.45) is 5.06. The van der Waals surface area contributed by atoms with Gasteiger partial charge in [-0.2, -0.15) is 0 Å². The first kappa shape index (κ1) is 17.4. The largest absolute Gasteiger partial charge is 0.389 e. The van der Waals surface area contributed by atoms with E-state index in [4.69, 9.17) is 4.74 Å². The second kappa shape index (κ2) is 9.14. The van der Waals surface area contributed by atoms with Crippen molar-refractivity contribution in [1.29, 1.82) is 0 Å². The maximum absolute atomic E-state index is 10.2. The molecule has 0 amide bonds. The van der Waals surface area contributed by atoms with Crippen LogP contribution in [0.25, 0.3) is 0 Å². The van der Waals surface area contributed by atoms with Crippen molar-refractivity contribution in [2.24, 2.45) is 5.92 Å². The summed E-state index contributed by atoms with van der Waals surface area (Å²) in [4.78, 5) is 6.27. The number of rotatable bonds is 8. The van der Waals surface area contributed by atoms with E-state index in [1.54, 1.807) is 11.3 Å². The van der Waals surface area contributed by atoms with Crippen LogP contribution in [0, 0.1) is 5.92 Å². The van der Waals surface area contributed by atoms with E-state index in [0.29, 0.717) is 13.2 Å². The number of β-amino-alcohol motifs (C(OH)–C–C–N with tert-alkyl or cyclic N) is 1. The fraction of sp³-hybridized carbons (Fsp3) is 0.778. The SMILES string of the molecule is OC(COCc1cccs1)CN1CCC(CN2CCCCC2)C1. The number of aliphatic hydroxyl groups excluding tert-OH is 1. The van der Waals surface area contributed by atoms with Gasteiger partial charge in [-0.15, -0.1) is 11.3 Å². The molecule has 2 fully saturated rings. The molecule has 0 radical (unpaired) electrons. The molecule has 1 aromatic rings. The minimum Gasteiger partial charge on any atom is -0.389 e. The number of hydrogen-bond donors (Lipinski definition) is 1. The lowest BCUT2D eigenvalue weighted by Crippen LogP contribution is -2.37. The van der Waals surface area contributed by atoms with Crippen LogP contribution in [0.5, 0.6) is 0 Å². The van der Waals surface area contributed by atoms with Gasteiger partial charge >= 0.3 is 0 Å². The lowest BCUT2D eigenvalue weighted by atomic mass is 10.1. The molecule has 2 atom stereocenters. The molecule has 0 spiro atoms. The first-order valence-corrected chi connectivity index (χ1v) is 9.90. The van der Waals surface area contributed by atoms with Crippen molar-refractivity contribution < 1.29 is 9.84 Å². The summed E-state index contributed by atoms with van der Waals surface area (Å²) in [6.45, 7) is 7.89. The number of likely N-dealkylation sites (tertiary alicyclic amines) is 2. The Balaban J connectivity index is 1.29. The molecule has 130 valence electrons. The second-order valence-corrected chi connectivity index (χ2v) is 8.06. The monoisotopic (exact) mass is 338 g/mol. The standard InChI is InChI=1S/C18H30N2O2S/c21-17(14-22-15-18-5-4-10-23-18)13-20-9-6-16(12-20)11-19-7-2-1-3-8-19/h4-5,10,16-17,21H,1-3,6-9,11-15H2. The molecule has 0 bridgehead atoms. The number of nitrogens with zero attached hydrogens (tertiary/aromatic N) is 2. The Hall–Kier alpha value is -0.460. The van der Waals surface area contributed by atoms with Crippen LogP contribution in [0.4, 0.5) is 0 Å². The third-order valence-electron chi connectivity index (χ3n) is 4.94. The third-order valence-corrected chi connectivity index (χ3v) is 5.79. The highest BCUT2D eigenvalue weighted by Crippen LogP contribution is 2.20. The lowest BCUT2D eigenvalue weighted by molar-refractivity contribution is 0.0135. The van der Waals surface area contributed by atoms with Crippen LogP contribution in [0.15, 0.2) is 17.5 Å². The van der Waals surface area contributed by atoms with E-state index in [2.05, 4.69) is 21.2 Å². The summed E-state index contributed by atoms with van der Waals surface area (Å²) in [5.74, 6) is 0.785. The number of piperidine rings is 1. The molecule has 2 unspecified atom stereocenters. The Bertz CT molecular complexity index is 434. The van der Waals surface area contributed by atoms with Gasteiger partial charge in [0.2, 0.25) is 0 Å². The number of thiophene rings is 1. The van der Waals surface area contributed by atoms with E-state index in [1.807, 2.05) is 6.07 Å². The van der Waals surface area contributed by atoms with E-state index in [0.717, 1.165) is 25.6 Å². The zero-order chi connectivity index (χ0) is 15.9. The molecule has 5 heteroatoms. The average molecular weight is 339 g/mol. The van der Waals surface area contributed by atoms with E-state index in [9.17, 15) is 5.11 Å². The summed E-state index contributed by atoms with van der Waals surface area (Å²) in [7, 11) is 0. The van der Waals surface area contributed by atoms with Gasteiger partial charge in [-0.3, -0.25) is 0 Å². The minimum absolute atomic E-state index is 0.372. The quantitative estimate of drug-likeness (QED) is 0.790. The molecule has 1 N–H and O–H groups in total. The smallest absolute Gasteiger partial charge is 0.0900 e. The molecule has 0 aromatic carbocycles. The zero-order valence-corrected chi connectivity index (χ0v) is 14.8. The van der Waals surface area contributed by atoms with Gasteiger partial charge in [0.1, 0.15) is 0 Å². The van der Waals surface area contributed by atoms with Gasteiger partial charge in [0.15, 0.2) is 0 Å². The summed E-state index contributed by atoms with van der Waals surface area (Å²) in [5.41, 5.74) is 0. The molecule has 4 nitrogen and oxygen atoms in total. The molecule has 1 aromatic heterocycles. The molecular weight excluding hydrogens is 308 g/mol. The van der Waals surface area contributed by atoms with Crippen molar-refractivity contribution in [2.75, 3.05) is 45.9 Å². The second-order valence-electron chi connectivity index (χ2n) is 7.02. The van der Waals surface area contributed by atoms with Crippen molar-refractivity contribution in [1.82, 2.24) is 9.80 Å². The maximum Gasteiger partial charge on any atom is 0.0900 e. The van der Waals surface area contributed by atoms with Gasteiger partial charge in [0.25, 0.3) is 0 Å². The first-order valence-electron chi connectivity index (χ1n) is 9.02. The van der Waals surface area contributed by atoms with Crippen molar-refractivity contribution in [2.45, 2.75) is 38.4 Å². The Morgan fingerprint density at radius 1 is 1.22 bits per heavy atom. The number of ether oxygens (including phenoxy) is 1. The van der Waals surface area contributed by atoms with E-state index >= 15 is 0 Å². The topological polar surface area (TPSA) is 35.9 Å². The summed E-state index contributed by atoms with van der Waals surface area (Å²) in [5, 5.41) is 12.2. The van der Waals surface area contributed by atoms with Gasteiger partial charge in [-0.25, -0.2) is 0 Å². The molecular formula is C18H30N2O2S. The van der Waals surface area contributed by atoms with Crippen LogP contribution in [-0.4, -0.2) is 66.9 Å². The van der Waals surface area contributed by atoms with Gasteiger partial charge in [0, 0.05) is 24.5 Å². The van der Waals surface area contributed by atoms with Crippen molar-refractivity contribution in [3.63, 3.8) is 0 Å². The highest BCUT2D eigenvalue weighted by atomic mass is 32.1. The van der Waals surface area contributed by atoms with Crippen LogP contribution >= 0.6 is 11.3 Å². The highest BCUT2D eigenvalue weighted by molar-refractivity contribution is 7.09. The summed E-state index contributed by atoms with van der Waals surface area (Å²) >= 11 is 1.70. The number of hydrogen-bond acceptors (Lipinski definition) is 5. The van der Waals surface area contributed by atoms with Crippen LogP contribution in [0.3, 0.4) is 0 Å². The maximum atomic E-state index is 10.2. The van der Waals surface area contributed by atoms with Crippen molar-refractivity contribution >= 4 is 11.3 Å². The molecule has 0 aliphatic carbocycles. The van der Waals surface area contributed by atoms with Gasteiger partial charge in [0.05, 0.1) is 19.3 Å². The molecule has 3 rings (SSSR count). The van der Waals surface area contributed by atoms with Crippen LogP contribution in [0.1, 0.15) is 30.6 Å².